The van der Waals surface area contributed by atoms with Crippen LogP contribution in [0.25, 0.3) is 21.9 Å². The average Bonchev–Trinajstić information content (AvgIpc) is 2.59. The minimum atomic E-state index is -0.640. The molecule has 3 rings (SSSR count). The van der Waals surface area contributed by atoms with Gasteiger partial charge in [0.15, 0.2) is 0 Å². The van der Waals surface area contributed by atoms with Crippen LogP contribution in [0.15, 0.2) is 41.6 Å². The number of fused-ring (bicyclic) bond motifs is 1. The van der Waals surface area contributed by atoms with Gasteiger partial charge in [0.25, 0.3) is 5.56 Å². The van der Waals surface area contributed by atoms with Crippen molar-refractivity contribution in [3.63, 3.8) is 0 Å². The molecule has 0 aliphatic carbocycles. The summed E-state index contributed by atoms with van der Waals surface area (Å²) in [7, 11) is 0. The van der Waals surface area contributed by atoms with Crippen LogP contribution in [0.1, 0.15) is 46.1 Å². The monoisotopic (exact) mass is 370 g/mol. The lowest BCUT2D eigenvalue weighted by atomic mass is 9.85. The fraction of sp³-hybridized carbons (Fsp3) is 0.364. The Morgan fingerprint density at radius 1 is 1.11 bits per heavy atom. The van der Waals surface area contributed by atoms with E-state index in [-0.39, 0.29) is 11.1 Å². The lowest BCUT2D eigenvalue weighted by Gasteiger charge is -2.21. The Morgan fingerprint density at radius 3 is 2.37 bits per heavy atom. The molecule has 0 atom stereocenters. The summed E-state index contributed by atoms with van der Waals surface area (Å²) in [5.41, 5.74) is 0.332. The highest BCUT2D eigenvalue weighted by Gasteiger charge is 2.24. The van der Waals surface area contributed by atoms with Crippen LogP contribution < -0.4 is 5.56 Å². The van der Waals surface area contributed by atoms with Crippen molar-refractivity contribution in [2.75, 3.05) is 0 Å². The predicted octanol–water partition coefficient (Wildman–Crippen LogP) is 5.44. The van der Waals surface area contributed by atoms with Crippen molar-refractivity contribution in [1.82, 2.24) is 9.55 Å². The molecule has 0 unspecified atom stereocenters. The zero-order chi connectivity index (χ0) is 19.8. The van der Waals surface area contributed by atoms with Crippen molar-refractivity contribution in [2.45, 2.75) is 52.5 Å². The summed E-state index contributed by atoms with van der Waals surface area (Å²) in [5.74, 6) is -1.16. The van der Waals surface area contributed by atoms with Crippen LogP contribution in [0.2, 0.25) is 0 Å². The van der Waals surface area contributed by atoms with Gasteiger partial charge in [0, 0.05) is 36.3 Å². The van der Waals surface area contributed by atoms with Gasteiger partial charge in [-0.2, -0.15) is 0 Å². The summed E-state index contributed by atoms with van der Waals surface area (Å²) < 4.78 is 31.1. The van der Waals surface area contributed by atoms with Crippen LogP contribution in [0.3, 0.4) is 0 Å². The van der Waals surface area contributed by atoms with E-state index in [2.05, 4.69) is 4.98 Å². The summed E-state index contributed by atoms with van der Waals surface area (Å²) in [4.78, 5) is 16.8. The van der Waals surface area contributed by atoms with Crippen LogP contribution >= 0.6 is 0 Å². The summed E-state index contributed by atoms with van der Waals surface area (Å²) in [5, 5.41) is 1.09. The molecule has 0 amide bonds. The molecule has 27 heavy (non-hydrogen) atoms. The third-order valence-corrected chi connectivity index (χ3v) is 4.74. The van der Waals surface area contributed by atoms with Gasteiger partial charge in [-0.15, -0.1) is 0 Å². The Hall–Kier alpha value is -2.56. The number of hydrogen-bond acceptors (Lipinski definition) is 2. The molecular weight excluding hydrogens is 346 g/mol. The molecule has 0 aliphatic rings. The molecule has 0 spiro atoms. The van der Waals surface area contributed by atoms with Gasteiger partial charge in [0.1, 0.15) is 11.6 Å². The number of benzene rings is 1. The van der Waals surface area contributed by atoms with E-state index in [0.29, 0.717) is 28.4 Å². The van der Waals surface area contributed by atoms with Gasteiger partial charge < -0.3 is 4.57 Å². The second-order valence-corrected chi connectivity index (χ2v) is 7.88. The molecule has 142 valence electrons. The molecule has 0 fully saturated rings. The summed E-state index contributed by atoms with van der Waals surface area (Å²) in [6, 6.07) is 4.42. The molecule has 3 aromatic rings. The fourth-order valence-electron chi connectivity index (χ4n) is 3.41. The molecule has 0 bridgehead atoms. The topological polar surface area (TPSA) is 34.9 Å². The molecule has 1 aromatic carbocycles. The van der Waals surface area contributed by atoms with E-state index in [0.717, 1.165) is 12.8 Å². The summed E-state index contributed by atoms with van der Waals surface area (Å²) in [6.45, 7) is 7.93. The Bertz CT molecular complexity index is 1030. The molecule has 3 nitrogen and oxygen atoms in total. The average molecular weight is 370 g/mol. The molecule has 0 aliphatic heterocycles. The molecule has 0 radical (unpaired) electrons. The van der Waals surface area contributed by atoms with Gasteiger partial charge >= 0.3 is 0 Å². The van der Waals surface area contributed by atoms with Crippen LogP contribution in [0, 0.1) is 11.6 Å². The number of halogens is 2. The van der Waals surface area contributed by atoms with Gasteiger partial charge in [-0.3, -0.25) is 9.78 Å². The number of pyridine rings is 2. The first kappa shape index (κ1) is 19.2. The van der Waals surface area contributed by atoms with Crippen molar-refractivity contribution in [3.05, 3.63) is 64.3 Å². The van der Waals surface area contributed by atoms with Crippen LogP contribution in [0.4, 0.5) is 8.78 Å². The van der Waals surface area contributed by atoms with Crippen LogP contribution in [0.5, 0.6) is 0 Å². The zero-order valence-electron chi connectivity index (χ0n) is 16.1. The second kappa shape index (κ2) is 7.22. The first-order chi connectivity index (χ1) is 12.7. The number of unbranched alkanes of at least 4 members (excludes halogenated alkanes) is 1. The number of aryl methyl sites for hydroxylation is 1. The van der Waals surface area contributed by atoms with Crippen LogP contribution in [-0.4, -0.2) is 9.55 Å². The van der Waals surface area contributed by atoms with Crippen molar-refractivity contribution in [1.29, 1.82) is 0 Å². The first-order valence-electron chi connectivity index (χ1n) is 9.21. The molecule has 0 N–H and O–H groups in total. The zero-order valence-corrected chi connectivity index (χ0v) is 16.1. The normalized spacial score (nSPS) is 11.9. The van der Waals surface area contributed by atoms with Crippen molar-refractivity contribution in [3.8, 4) is 11.1 Å². The third-order valence-electron chi connectivity index (χ3n) is 4.74. The van der Waals surface area contributed by atoms with E-state index in [1.807, 2.05) is 6.92 Å². The molecule has 2 heterocycles. The lowest BCUT2D eigenvalue weighted by molar-refractivity contribution is 0.476. The number of hydrogen-bond donors (Lipinski definition) is 0. The van der Waals surface area contributed by atoms with Crippen molar-refractivity contribution >= 4 is 10.8 Å². The molecule has 5 heteroatoms. The first-order valence-corrected chi connectivity index (χ1v) is 9.21. The lowest BCUT2D eigenvalue weighted by Crippen LogP contribution is -2.20. The maximum atomic E-state index is 14.8. The standard InChI is InChI=1S/C22H24F2N2O/c1-5-6-9-26-13-17(15-7-8-25-12-16(15)21(26)27)14-10-18(23)20(19(24)11-14)22(2,3)4/h7-8,10-13H,5-6,9H2,1-4H3. The Morgan fingerprint density at radius 2 is 1.78 bits per heavy atom. The molecule has 2 aromatic heterocycles. The van der Waals surface area contributed by atoms with E-state index in [1.54, 1.807) is 43.8 Å². The van der Waals surface area contributed by atoms with E-state index < -0.39 is 17.0 Å². The van der Waals surface area contributed by atoms with E-state index in [9.17, 15) is 13.6 Å². The summed E-state index contributed by atoms with van der Waals surface area (Å²) in [6.07, 6.45) is 6.58. The maximum Gasteiger partial charge on any atom is 0.260 e. The SMILES string of the molecule is CCCCn1cc(-c2cc(F)c(C(C)(C)C)c(F)c2)c2ccncc2c1=O. The third kappa shape index (κ3) is 3.64. The number of rotatable bonds is 4. The highest BCUT2D eigenvalue weighted by atomic mass is 19.1. The van der Waals surface area contributed by atoms with Gasteiger partial charge in [-0.05, 0) is 41.0 Å². The highest BCUT2D eigenvalue weighted by molar-refractivity contribution is 5.95. The smallest absolute Gasteiger partial charge is 0.260 e. The second-order valence-electron chi connectivity index (χ2n) is 7.88. The Kier molecular flexibility index (Phi) is 5.13. The fourth-order valence-corrected chi connectivity index (χ4v) is 3.41. The predicted molar refractivity (Wildman–Crippen MR) is 105 cm³/mol. The minimum Gasteiger partial charge on any atom is -0.314 e. The van der Waals surface area contributed by atoms with Gasteiger partial charge in [0.05, 0.1) is 5.39 Å². The maximum absolute atomic E-state index is 14.8. The Labute approximate surface area is 157 Å². The van der Waals surface area contributed by atoms with Gasteiger partial charge in [-0.25, -0.2) is 8.78 Å². The van der Waals surface area contributed by atoms with Crippen molar-refractivity contribution < 1.29 is 8.78 Å². The van der Waals surface area contributed by atoms with Crippen molar-refractivity contribution in [2.24, 2.45) is 0 Å². The minimum absolute atomic E-state index is 0.0662. The van der Waals surface area contributed by atoms with Gasteiger partial charge in [-0.1, -0.05) is 34.1 Å². The molecule has 0 saturated carbocycles. The van der Waals surface area contributed by atoms with Crippen LogP contribution in [-0.2, 0) is 12.0 Å². The number of aromatic nitrogens is 2. The molecule has 0 saturated heterocycles. The quantitative estimate of drug-likeness (QED) is 0.613. The Balaban J connectivity index is 2.28. The highest BCUT2D eigenvalue weighted by Crippen LogP contribution is 2.33. The number of nitrogens with zero attached hydrogens (tertiary/aromatic N) is 2. The van der Waals surface area contributed by atoms with E-state index in [1.165, 1.54) is 18.3 Å². The molecular formula is C22H24F2N2O. The largest absolute Gasteiger partial charge is 0.314 e. The summed E-state index contributed by atoms with van der Waals surface area (Å²) >= 11 is 0. The van der Waals surface area contributed by atoms with E-state index >= 15 is 0 Å². The van der Waals surface area contributed by atoms with E-state index in [4.69, 9.17) is 0 Å². The van der Waals surface area contributed by atoms with Gasteiger partial charge in [0.2, 0.25) is 0 Å².